The molecule has 1 atom stereocenters. The summed E-state index contributed by atoms with van der Waals surface area (Å²) in [6.07, 6.45) is 0.452. The highest BCUT2D eigenvalue weighted by atomic mass is 16.5. The summed E-state index contributed by atoms with van der Waals surface area (Å²) in [5, 5.41) is 11.0. The van der Waals surface area contributed by atoms with E-state index in [1.165, 1.54) is 0 Å². The molecule has 4 nitrogen and oxygen atoms in total. The fourth-order valence-corrected chi connectivity index (χ4v) is 0.927. The summed E-state index contributed by atoms with van der Waals surface area (Å²) in [5.74, 6) is 0.197. The van der Waals surface area contributed by atoms with Crippen LogP contribution in [0.15, 0.2) is 0 Å². The van der Waals surface area contributed by atoms with Gasteiger partial charge < -0.3 is 15.2 Å². The quantitative estimate of drug-likeness (QED) is 0.586. The van der Waals surface area contributed by atoms with Gasteiger partial charge >= 0.3 is 0 Å². The summed E-state index contributed by atoms with van der Waals surface area (Å²) in [5.41, 5.74) is 0. The second-order valence-electron chi connectivity index (χ2n) is 2.84. The summed E-state index contributed by atoms with van der Waals surface area (Å²) in [6, 6.07) is 0. The lowest BCUT2D eigenvalue weighted by Crippen LogP contribution is -2.28. The van der Waals surface area contributed by atoms with Gasteiger partial charge in [0.1, 0.15) is 0 Å². The van der Waals surface area contributed by atoms with Crippen molar-refractivity contribution < 1.29 is 14.6 Å². The summed E-state index contributed by atoms with van der Waals surface area (Å²) in [4.78, 5) is 11.0. The number of hydrogen-bond donors (Lipinski definition) is 2. The van der Waals surface area contributed by atoms with Crippen LogP contribution < -0.4 is 5.32 Å². The largest absolute Gasteiger partial charge is 0.395 e. The predicted octanol–water partition coefficient (Wildman–Crippen LogP) is -0.233. The van der Waals surface area contributed by atoms with E-state index < -0.39 is 0 Å². The number of methoxy groups -OCH3 is 1. The highest BCUT2D eigenvalue weighted by molar-refractivity contribution is 5.76. The van der Waals surface area contributed by atoms with Crippen molar-refractivity contribution in [2.75, 3.05) is 26.9 Å². The van der Waals surface area contributed by atoms with Crippen LogP contribution in [0.2, 0.25) is 0 Å². The number of rotatable bonds is 6. The van der Waals surface area contributed by atoms with Crippen molar-refractivity contribution in [1.29, 1.82) is 0 Å². The normalized spacial score (nSPS) is 12.6. The molecule has 0 aromatic carbocycles. The Morgan fingerprint density at radius 3 is 2.83 bits per heavy atom. The topological polar surface area (TPSA) is 58.6 Å². The number of amides is 1. The zero-order valence-corrected chi connectivity index (χ0v) is 7.67. The van der Waals surface area contributed by atoms with Crippen LogP contribution in [-0.4, -0.2) is 37.9 Å². The molecule has 0 fully saturated rings. The fraction of sp³-hybridized carbons (Fsp3) is 0.875. The lowest BCUT2D eigenvalue weighted by molar-refractivity contribution is -0.122. The zero-order chi connectivity index (χ0) is 9.40. The number of nitrogens with one attached hydrogen (secondary N) is 1. The maximum Gasteiger partial charge on any atom is 0.220 e. The first-order valence-corrected chi connectivity index (χ1v) is 4.07. The number of carbonyl (C=O) groups excluding carboxylic acids is 1. The maximum atomic E-state index is 11.0. The molecule has 0 saturated heterocycles. The van der Waals surface area contributed by atoms with Gasteiger partial charge in [0.05, 0.1) is 6.61 Å². The van der Waals surface area contributed by atoms with Gasteiger partial charge in [0.15, 0.2) is 0 Å². The van der Waals surface area contributed by atoms with E-state index in [4.69, 9.17) is 9.84 Å². The second-order valence-corrected chi connectivity index (χ2v) is 2.84. The zero-order valence-electron chi connectivity index (χ0n) is 7.67. The van der Waals surface area contributed by atoms with E-state index >= 15 is 0 Å². The Balaban J connectivity index is 3.40. The number of hydrogen-bond acceptors (Lipinski definition) is 3. The molecule has 0 aromatic rings. The van der Waals surface area contributed by atoms with Crippen LogP contribution in [0.25, 0.3) is 0 Å². The predicted molar refractivity (Wildman–Crippen MR) is 45.8 cm³/mol. The third kappa shape index (κ3) is 6.12. The smallest absolute Gasteiger partial charge is 0.220 e. The van der Waals surface area contributed by atoms with Gasteiger partial charge in [-0.15, -0.1) is 0 Å². The summed E-state index contributed by atoms with van der Waals surface area (Å²) < 4.78 is 4.88. The third-order valence-corrected chi connectivity index (χ3v) is 1.42. The lowest BCUT2D eigenvalue weighted by atomic mass is 10.1. The first kappa shape index (κ1) is 11.4. The molecule has 4 heteroatoms. The molecule has 0 saturated carbocycles. The average Bonchev–Trinajstić information content (AvgIpc) is 2.01. The van der Waals surface area contributed by atoms with Crippen LogP contribution in [0.4, 0.5) is 0 Å². The van der Waals surface area contributed by atoms with Crippen LogP contribution in [0, 0.1) is 5.92 Å². The minimum atomic E-state index is -0.0337. The molecule has 0 heterocycles. The first-order valence-electron chi connectivity index (χ1n) is 4.07. The van der Waals surface area contributed by atoms with E-state index in [2.05, 4.69) is 5.32 Å². The van der Waals surface area contributed by atoms with Gasteiger partial charge in [0.2, 0.25) is 5.91 Å². The molecule has 12 heavy (non-hydrogen) atoms. The molecule has 0 rings (SSSR count). The Kier molecular flexibility index (Phi) is 6.70. The molecule has 0 aliphatic carbocycles. The first-order chi connectivity index (χ1) is 5.70. The van der Waals surface area contributed by atoms with E-state index in [-0.39, 0.29) is 18.4 Å². The maximum absolute atomic E-state index is 11.0. The van der Waals surface area contributed by atoms with Crippen molar-refractivity contribution >= 4 is 5.91 Å². The molecule has 0 aliphatic heterocycles. The Bertz CT molecular complexity index is 127. The van der Waals surface area contributed by atoms with Gasteiger partial charge in [-0.3, -0.25) is 4.79 Å². The molecule has 72 valence electrons. The van der Waals surface area contributed by atoms with Crippen LogP contribution in [-0.2, 0) is 9.53 Å². The molecular weight excluding hydrogens is 158 g/mol. The van der Waals surface area contributed by atoms with Crippen molar-refractivity contribution in [1.82, 2.24) is 5.32 Å². The highest BCUT2D eigenvalue weighted by Crippen LogP contribution is 2.00. The Morgan fingerprint density at radius 2 is 2.33 bits per heavy atom. The molecule has 0 bridgehead atoms. The van der Waals surface area contributed by atoms with Crippen LogP contribution >= 0.6 is 0 Å². The number of aliphatic hydroxyl groups is 1. The van der Waals surface area contributed by atoms with Crippen molar-refractivity contribution in [3.63, 3.8) is 0 Å². The molecule has 0 aliphatic rings. The van der Waals surface area contributed by atoms with Crippen molar-refractivity contribution in [3.05, 3.63) is 0 Å². The molecule has 0 spiro atoms. The average molecular weight is 175 g/mol. The van der Waals surface area contributed by atoms with E-state index in [9.17, 15) is 4.79 Å². The minimum Gasteiger partial charge on any atom is -0.395 e. The van der Waals surface area contributed by atoms with Gasteiger partial charge in [0, 0.05) is 26.7 Å². The van der Waals surface area contributed by atoms with E-state index in [1.54, 1.807) is 7.11 Å². The standard InChI is InChI=1S/C8H17NO3/c1-7(6-12-2)5-8(11)9-3-4-10/h7,10H,3-6H2,1-2H3,(H,9,11). The van der Waals surface area contributed by atoms with Crippen molar-refractivity contribution in [2.45, 2.75) is 13.3 Å². The molecule has 0 radical (unpaired) electrons. The fourth-order valence-electron chi connectivity index (χ4n) is 0.927. The summed E-state index contributed by atoms with van der Waals surface area (Å²) >= 11 is 0. The summed E-state index contributed by atoms with van der Waals surface area (Å²) in [6.45, 7) is 2.86. The van der Waals surface area contributed by atoms with Crippen molar-refractivity contribution in [2.24, 2.45) is 5.92 Å². The van der Waals surface area contributed by atoms with Crippen molar-refractivity contribution in [3.8, 4) is 0 Å². The summed E-state index contributed by atoms with van der Waals surface area (Å²) in [7, 11) is 1.61. The Hall–Kier alpha value is -0.610. The monoisotopic (exact) mass is 175 g/mol. The van der Waals surface area contributed by atoms with Crippen LogP contribution in [0.3, 0.4) is 0 Å². The molecule has 1 unspecified atom stereocenters. The van der Waals surface area contributed by atoms with E-state index in [0.717, 1.165) is 0 Å². The number of aliphatic hydroxyl groups excluding tert-OH is 1. The van der Waals surface area contributed by atoms with Gasteiger partial charge in [-0.05, 0) is 5.92 Å². The SMILES string of the molecule is COCC(C)CC(=O)NCCO. The number of ether oxygens (including phenoxy) is 1. The van der Waals surface area contributed by atoms with Gasteiger partial charge in [-0.1, -0.05) is 6.92 Å². The van der Waals surface area contributed by atoms with Gasteiger partial charge in [0.25, 0.3) is 0 Å². The van der Waals surface area contributed by atoms with Crippen LogP contribution in [0.1, 0.15) is 13.3 Å². The van der Waals surface area contributed by atoms with Crippen LogP contribution in [0.5, 0.6) is 0 Å². The lowest BCUT2D eigenvalue weighted by Gasteiger charge is -2.09. The number of carbonyl (C=O) groups is 1. The van der Waals surface area contributed by atoms with Gasteiger partial charge in [-0.2, -0.15) is 0 Å². The highest BCUT2D eigenvalue weighted by Gasteiger charge is 2.07. The minimum absolute atomic E-state index is 0.00953. The molecule has 1 amide bonds. The molecule has 0 aromatic heterocycles. The Labute approximate surface area is 72.9 Å². The van der Waals surface area contributed by atoms with E-state index in [0.29, 0.717) is 19.6 Å². The second kappa shape index (κ2) is 7.06. The molecule has 2 N–H and O–H groups in total. The third-order valence-electron chi connectivity index (χ3n) is 1.42. The molecular formula is C8H17NO3. The van der Waals surface area contributed by atoms with Gasteiger partial charge in [-0.25, -0.2) is 0 Å². The van der Waals surface area contributed by atoms with E-state index in [1.807, 2.05) is 6.92 Å². The Morgan fingerprint density at radius 1 is 1.67 bits per heavy atom.